The van der Waals surface area contributed by atoms with Crippen molar-refractivity contribution < 1.29 is 24.9 Å². The molecule has 0 radical (unpaired) electrons. The summed E-state index contributed by atoms with van der Waals surface area (Å²) >= 11 is 0. The normalized spacial score (nSPS) is 19.0. The summed E-state index contributed by atoms with van der Waals surface area (Å²) in [6.45, 7) is 3.95. The van der Waals surface area contributed by atoms with E-state index in [-0.39, 0.29) is 35.4 Å². The lowest BCUT2D eigenvalue weighted by Gasteiger charge is -2.40. The number of hydrogen-bond acceptors (Lipinski definition) is 5. The van der Waals surface area contributed by atoms with Gasteiger partial charge in [-0.3, -0.25) is 4.79 Å². The molecule has 1 aliphatic carbocycles. The van der Waals surface area contributed by atoms with Gasteiger partial charge in [0.15, 0.2) is 5.78 Å². The number of carbonyl (C=O) groups is 1. The second kappa shape index (κ2) is 5.44. The number of rotatable bonds is 2. The standard InChI is InChI=1S/C19H20O5/c1-19(2)14(10-4-11(20)6-12(21)5-10)9-17(23)18-15(19)7-13(24-3)8-16(18)22/h4-8,14,20-22H,9H2,1-3H3. The summed E-state index contributed by atoms with van der Waals surface area (Å²) < 4.78 is 5.22. The van der Waals surface area contributed by atoms with E-state index in [0.29, 0.717) is 22.4 Å². The van der Waals surface area contributed by atoms with Gasteiger partial charge in [-0.1, -0.05) is 13.8 Å². The Kier molecular flexibility index (Phi) is 3.67. The molecule has 1 atom stereocenters. The van der Waals surface area contributed by atoms with Crippen molar-refractivity contribution in [3.05, 3.63) is 47.0 Å². The Morgan fingerprint density at radius 3 is 2.25 bits per heavy atom. The lowest BCUT2D eigenvalue weighted by molar-refractivity contribution is 0.0938. The summed E-state index contributed by atoms with van der Waals surface area (Å²) in [6.07, 6.45) is 0.183. The van der Waals surface area contributed by atoms with Crippen LogP contribution in [-0.2, 0) is 5.41 Å². The Morgan fingerprint density at radius 1 is 1.04 bits per heavy atom. The van der Waals surface area contributed by atoms with Gasteiger partial charge in [0, 0.05) is 24.5 Å². The van der Waals surface area contributed by atoms with E-state index in [2.05, 4.69) is 0 Å². The van der Waals surface area contributed by atoms with Gasteiger partial charge in [-0.15, -0.1) is 0 Å². The quantitative estimate of drug-likeness (QED) is 0.786. The molecule has 24 heavy (non-hydrogen) atoms. The molecule has 0 spiro atoms. The highest BCUT2D eigenvalue weighted by Crippen LogP contribution is 2.50. The zero-order chi connectivity index (χ0) is 17.6. The second-order valence-electron chi connectivity index (χ2n) is 6.75. The van der Waals surface area contributed by atoms with Crippen LogP contribution in [0.5, 0.6) is 23.0 Å². The molecule has 0 bridgehead atoms. The molecule has 126 valence electrons. The summed E-state index contributed by atoms with van der Waals surface area (Å²) in [5.74, 6) is -0.120. The molecular weight excluding hydrogens is 308 g/mol. The first-order chi connectivity index (χ1) is 11.2. The maximum Gasteiger partial charge on any atom is 0.167 e. The maximum atomic E-state index is 12.6. The lowest BCUT2D eigenvalue weighted by atomic mass is 9.62. The van der Waals surface area contributed by atoms with Crippen LogP contribution < -0.4 is 4.74 Å². The lowest BCUT2D eigenvalue weighted by Crippen LogP contribution is -2.35. The Labute approximate surface area is 140 Å². The molecule has 0 fully saturated rings. The van der Waals surface area contributed by atoms with Crippen LogP contribution in [0, 0.1) is 0 Å². The van der Waals surface area contributed by atoms with Crippen LogP contribution in [0.2, 0.25) is 0 Å². The van der Waals surface area contributed by atoms with Gasteiger partial charge in [-0.25, -0.2) is 0 Å². The molecule has 2 aromatic carbocycles. The van der Waals surface area contributed by atoms with Crippen molar-refractivity contribution >= 4 is 5.78 Å². The zero-order valence-corrected chi connectivity index (χ0v) is 13.8. The summed E-state index contributed by atoms with van der Waals surface area (Å²) in [7, 11) is 1.50. The van der Waals surface area contributed by atoms with E-state index >= 15 is 0 Å². The molecule has 0 amide bonds. The number of carbonyl (C=O) groups excluding carboxylic acids is 1. The predicted molar refractivity (Wildman–Crippen MR) is 89.1 cm³/mol. The molecule has 3 N–H and O–H groups in total. The summed E-state index contributed by atoms with van der Waals surface area (Å²) in [5, 5.41) is 29.8. The molecule has 3 rings (SSSR count). The highest BCUT2D eigenvalue weighted by Gasteiger charge is 2.42. The fraction of sp³-hybridized carbons (Fsp3) is 0.316. The first kappa shape index (κ1) is 16.2. The number of phenolic OH excluding ortho intramolecular Hbond substituents is 3. The number of aromatic hydroxyl groups is 3. The highest BCUT2D eigenvalue weighted by molar-refractivity contribution is 6.02. The topological polar surface area (TPSA) is 87.0 Å². The number of phenols is 3. The molecule has 1 aliphatic rings. The molecular formula is C19H20O5. The summed E-state index contributed by atoms with van der Waals surface area (Å²) in [6, 6.07) is 7.58. The SMILES string of the molecule is COc1cc(O)c2c(c1)C(C)(C)C(c1cc(O)cc(O)c1)CC2=O. The van der Waals surface area contributed by atoms with Crippen LogP contribution in [0.15, 0.2) is 30.3 Å². The molecule has 5 nitrogen and oxygen atoms in total. The van der Waals surface area contributed by atoms with Crippen molar-refractivity contribution in [2.24, 2.45) is 0 Å². The molecule has 1 unspecified atom stereocenters. The molecule has 0 aromatic heterocycles. The number of ketones is 1. The van der Waals surface area contributed by atoms with Crippen molar-refractivity contribution in [3.63, 3.8) is 0 Å². The Balaban J connectivity index is 2.20. The Hall–Kier alpha value is -2.69. The van der Waals surface area contributed by atoms with Crippen molar-refractivity contribution in [3.8, 4) is 23.0 Å². The smallest absolute Gasteiger partial charge is 0.167 e. The van der Waals surface area contributed by atoms with Gasteiger partial charge in [-0.05, 0) is 34.7 Å². The number of ether oxygens (including phenoxy) is 1. The Bertz CT molecular complexity index is 802. The number of hydrogen-bond donors (Lipinski definition) is 3. The van der Waals surface area contributed by atoms with E-state index in [1.165, 1.54) is 19.2 Å². The first-order valence-electron chi connectivity index (χ1n) is 7.71. The zero-order valence-electron chi connectivity index (χ0n) is 13.8. The van der Waals surface area contributed by atoms with E-state index in [9.17, 15) is 20.1 Å². The van der Waals surface area contributed by atoms with Crippen molar-refractivity contribution in [1.82, 2.24) is 0 Å². The third kappa shape index (κ3) is 2.46. The van der Waals surface area contributed by atoms with Crippen LogP contribution in [0.4, 0.5) is 0 Å². The fourth-order valence-corrected chi connectivity index (χ4v) is 3.60. The van der Waals surface area contributed by atoms with Crippen LogP contribution in [0.1, 0.15) is 47.7 Å². The van der Waals surface area contributed by atoms with Gasteiger partial charge in [0.25, 0.3) is 0 Å². The summed E-state index contributed by atoms with van der Waals surface area (Å²) in [4.78, 5) is 12.6. The second-order valence-corrected chi connectivity index (χ2v) is 6.75. The molecule has 5 heteroatoms. The van der Waals surface area contributed by atoms with Crippen LogP contribution >= 0.6 is 0 Å². The van der Waals surface area contributed by atoms with Gasteiger partial charge < -0.3 is 20.1 Å². The van der Waals surface area contributed by atoms with Gasteiger partial charge >= 0.3 is 0 Å². The molecule has 0 aliphatic heterocycles. The largest absolute Gasteiger partial charge is 0.508 e. The van der Waals surface area contributed by atoms with Crippen LogP contribution in [0.3, 0.4) is 0 Å². The average Bonchev–Trinajstić information content (AvgIpc) is 2.49. The highest BCUT2D eigenvalue weighted by atomic mass is 16.5. The number of benzene rings is 2. The van der Waals surface area contributed by atoms with Crippen molar-refractivity contribution in [1.29, 1.82) is 0 Å². The third-order valence-corrected chi connectivity index (χ3v) is 4.89. The van der Waals surface area contributed by atoms with Gasteiger partial charge in [0.05, 0.1) is 12.7 Å². The molecule has 0 saturated carbocycles. The van der Waals surface area contributed by atoms with Gasteiger partial charge in [0.2, 0.25) is 0 Å². The average molecular weight is 328 g/mol. The van der Waals surface area contributed by atoms with E-state index in [4.69, 9.17) is 4.74 Å². The van der Waals surface area contributed by atoms with Crippen molar-refractivity contribution in [2.45, 2.75) is 31.6 Å². The van der Waals surface area contributed by atoms with Crippen LogP contribution in [0.25, 0.3) is 0 Å². The minimum absolute atomic E-state index is 0.0486. The molecule has 0 heterocycles. The first-order valence-corrected chi connectivity index (χ1v) is 7.71. The predicted octanol–water partition coefficient (Wildman–Crippen LogP) is 3.46. The van der Waals surface area contributed by atoms with E-state index < -0.39 is 5.41 Å². The van der Waals surface area contributed by atoms with Gasteiger partial charge in [0.1, 0.15) is 23.0 Å². The molecule has 0 saturated heterocycles. The minimum Gasteiger partial charge on any atom is -0.508 e. The monoisotopic (exact) mass is 328 g/mol. The number of Topliss-reactive ketones (excluding diaryl/α,β-unsaturated/α-hetero) is 1. The van der Waals surface area contributed by atoms with E-state index in [1.807, 2.05) is 13.8 Å². The number of methoxy groups -OCH3 is 1. The number of fused-ring (bicyclic) bond motifs is 1. The third-order valence-electron chi connectivity index (χ3n) is 4.89. The maximum absolute atomic E-state index is 12.6. The van der Waals surface area contributed by atoms with Gasteiger partial charge in [-0.2, -0.15) is 0 Å². The van der Waals surface area contributed by atoms with Crippen molar-refractivity contribution in [2.75, 3.05) is 7.11 Å². The minimum atomic E-state index is -0.504. The van der Waals surface area contributed by atoms with E-state index in [1.54, 1.807) is 18.2 Å². The van der Waals surface area contributed by atoms with Crippen LogP contribution in [-0.4, -0.2) is 28.2 Å². The Morgan fingerprint density at radius 2 is 1.67 bits per heavy atom. The fourth-order valence-electron chi connectivity index (χ4n) is 3.60. The van der Waals surface area contributed by atoms with E-state index in [0.717, 1.165) is 0 Å². The molecule has 2 aromatic rings. The summed E-state index contributed by atoms with van der Waals surface area (Å²) in [5.41, 5.74) is 1.19.